The van der Waals surface area contributed by atoms with Gasteiger partial charge in [-0.1, -0.05) is 18.2 Å². The van der Waals surface area contributed by atoms with Gasteiger partial charge in [0.2, 0.25) is 5.30 Å². The summed E-state index contributed by atoms with van der Waals surface area (Å²) < 4.78 is 15.7. The van der Waals surface area contributed by atoms with Crippen molar-refractivity contribution in [3.05, 3.63) is 30.3 Å². The van der Waals surface area contributed by atoms with Crippen molar-refractivity contribution in [2.24, 2.45) is 0 Å². The van der Waals surface area contributed by atoms with Gasteiger partial charge in [-0.3, -0.25) is 0 Å². The second-order valence-corrected chi connectivity index (χ2v) is 3.39. The van der Waals surface area contributed by atoms with E-state index in [1.165, 1.54) is 6.92 Å². The molecule has 0 radical (unpaired) electrons. The molecule has 13 heavy (non-hydrogen) atoms. The molecule has 0 N–H and O–H groups in total. The summed E-state index contributed by atoms with van der Waals surface area (Å²) in [5, 5.41) is 0.530. The summed E-state index contributed by atoms with van der Waals surface area (Å²) in [6.07, 6.45) is 0. The Bertz CT molecular complexity index is 305. The summed E-state index contributed by atoms with van der Waals surface area (Å²) >= 11 is 0. The van der Waals surface area contributed by atoms with Crippen LogP contribution in [0.3, 0.4) is 0 Å². The van der Waals surface area contributed by atoms with Gasteiger partial charge in [0.1, 0.15) is 0 Å². The minimum absolute atomic E-state index is 0. The molecule has 3 nitrogen and oxygen atoms in total. The molecule has 1 aromatic carbocycles. The quantitative estimate of drug-likeness (QED) is 0.449. The number of hydrogen-bond acceptors (Lipinski definition) is 3. The van der Waals surface area contributed by atoms with Crippen molar-refractivity contribution in [1.82, 2.24) is 0 Å². The van der Waals surface area contributed by atoms with Crippen molar-refractivity contribution in [2.75, 3.05) is 0 Å². The van der Waals surface area contributed by atoms with Crippen LogP contribution >= 0.6 is 8.03 Å². The van der Waals surface area contributed by atoms with Crippen LogP contribution in [-0.4, -0.2) is 5.97 Å². The topological polar surface area (TPSA) is 43.4 Å². The van der Waals surface area contributed by atoms with Crippen LogP contribution in [0, 0.1) is 0 Å². The molecule has 0 aliphatic rings. The zero-order valence-electron chi connectivity index (χ0n) is 8.56. The van der Waals surface area contributed by atoms with Crippen molar-refractivity contribution in [3.63, 3.8) is 0 Å². The zero-order chi connectivity index (χ0) is 8.97. The van der Waals surface area contributed by atoms with Crippen molar-refractivity contribution in [3.8, 4) is 0 Å². The maximum absolute atomic E-state index is 11.2. The molecule has 1 rings (SSSR count). The summed E-state index contributed by atoms with van der Waals surface area (Å²) in [4.78, 5) is 10.4. The molecule has 1 unspecified atom stereocenters. The van der Waals surface area contributed by atoms with Gasteiger partial charge in [-0.25, -0.2) is 9.32 Å². The molecule has 0 spiro atoms. The van der Waals surface area contributed by atoms with Gasteiger partial charge in [-0.05, 0) is 16.7 Å². The predicted octanol–water partition coefficient (Wildman–Crippen LogP) is -1.27. The van der Waals surface area contributed by atoms with Crippen molar-refractivity contribution < 1.29 is 44.9 Å². The van der Waals surface area contributed by atoms with E-state index in [-0.39, 0.29) is 31.0 Å². The first kappa shape index (κ1) is 12.8. The predicted molar refractivity (Wildman–Crippen MR) is 46.6 cm³/mol. The van der Waals surface area contributed by atoms with Gasteiger partial charge >= 0.3 is 43.6 Å². The third-order valence-electron chi connectivity index (χ3n) is 1.18. The summed E-state index contributed by atoms with van der Waals surface area (Å²) in [6, 6.07) is 8.60. The van der Waals surface area contributed by atoms with Crippen LogP contribution in [0.15, 0.2) is 30.3 Å². The molecule has 0 heterocycles. The van der Waals surface area contributed by atoms with Gasteiger partial charge in [-0.2, -0.15) is 0 Å². The van der Waals surface area contributed by atoms with Gasteiger partial charge in [0.15, 0.2) is 0 Å². The van der Waals surface area contributed by atoms with Gasteiger partial charge in [0.25, 0.3) is 0 Å². The number of carbonyl (C=O) groups excluding carboxylic acids is 1. The molecule has 0 aromatic heterocycles. The van der Waals surface area contributed by atoms with E-state index in [2.05, 4.69) is 4.52 Å². The average molecular weight is 207 g/mol. The molecule has 64 valence electrons. The summed E-state index contributed by atoms with van der Waals surface area (Å²) in [5.41, 5.74) is 0. The Morgan fingerprint density at radius 3 is 2.38 bits per heavy atom. The van der Waals surface area contributed by atoms with Crippen LogP contribution in [0.2, 0.25) is 0 Å². The number of carbonyl (C=O) groups is 1. The molecule has 0 amide bonds. The van der Waals surface area contributed by atoms with Gasteiger partial charge in [-0.15, -0.1) is 0 Å². The third-order valence-corrected chi connectivity index (χ3v) is 2.32. The zero-order valence-corrected chi connectivity index (χ0v) is 10.5. The summed E-state index contributed by atoms with van der Waals surface area (Å²) in [6.45, 7) is 1.23. The van der Waals surface area contributed by atoms with Crippen LogP contribution in [0.4, 0.5) is 0 Å². The SMILES string of the molecule is CC(=O)O[P+](=O)c1ccccc1.[H-].[Na+]. The molecule has 1 atom stereocenters. The van der Waals surface area contributed by atoms with E-state index >= 15 is 0 Å². The second-order valence-electron chi connectivity index (χ2n) is 2.18. The standard InChI is InChI=1S/C8H8O3P.Na.H/c1-7(9)11-12(10)8-5-3-2-4-6-8;;/h2-6H,1H3;;/q2*+1;-1. The molecule has 0 fully saturated rings. The smallest absolute Gasteiger partial charge is 1.00 e. The number of benzene rings is 1. The Kier molecular flexibility index (Phi) is 6.17. The fourth-order valence-electron chi connectivity index (χ4n) is 0.719. The normalized spacial score (nSPS) is 9.77. The van der Waals surface area contributed by atoms with E-state index in [9.17, 15) is 9.36 Å². The molecule has 0 aliphatic heterocycles. The molecule has 0 saturated heterocycles. The molecular weight excluding hydrogens is 198 g/mol. The third kappa shape index (κ3) is 4.53. The molecule has 0 aliphatic carbocycles. The Morgan fingerprint density at radius 1 is 1.38 bits per heavy atom. The second kappa shape index (κ2) is 6.28. The Hall–Kier alpha value is -0.210. The van der Waals surface area contributed by atoms with E-state index in [0.29, 0.717) is 5.30 Å². The van der Waals surface area contributed by atoms with Crippen molar-refractivity contribution in [1.29, 1.82) is 0 Å². The van der Waals surface area contributed by atoms with Gasteiger partial charge in [0, 0.05) is 6.92 Å². The fraction of sp³-hybridized carbons (Fsp3) is 0.125. The van der Waals surface area contributed by atoms with Crippen LogP contribution in [0.5, 0.6) is 0 Å². The first-order valence-electron chi connectivity index (χ1n) is 3.41. The average Bonchev–Trinajstić information content (AvgIpc) is 2.05. The van der Waals surface area contributed by atoms with Crippen molar-refractivity contribution in [2.45, 2.75) is 6.92 Å². The van der Waals surface area contributed by atoms with E-state index in [0.717, 1.165) is 0 Å². The molecule has 0 saturated carbocycles. The van der Waals surface area contributed by atoms with Crippen LogP contribution in [0.25, 0.3) is 0 Å². The maximum atomic E-state index is 11.2. The monoisotopic (exact) mass is 207 g/mol. The maximum Gasteiger partial charge on any atom is 1.00 e. The first-order chi connectivity index (χ1) is 5.70. The Morgan fingerprint density at radius 2 is 1.92 bits per heavy atom. The molecule has 1 aromatic rings. The molecule has 5 heteroatoms. The van der Waals surface area contributed by atoms with E-state index in [1.807, 2.05) is 0 Å². The van der Waals surface area contributed by atoms with Crippen LogP contribution < -0.4 is 34.9 Å². The minimum atomic E-state index is -2.01. The largest absolute Gasteiger partial charge is 1.00 e. The molecule has 0 bridgehead atoms. The number of rotatable bonds is 2. The number of hydrogen-bond donors (Lipinski definition) is 0. The van der Waals surface area contributed by atoms with Crippen LogP contribution in [-0.2, 0) is 13.9 Å². The van der Waals surface area contributed by atoms with Crippen LogP contribution in [0.1, 0.15) is 8.35 Å². The summed E-state index contributed by atoms with van der Waals surface area (Å²) in [5.74, 6) is -0.528. The van der Waals surface area contributed by atoms with E-state index in [4.69, 9.17) is 0 Å². The first-order valence-corrected chi connectivity index (χ1v) is 4.59. The molecular formula is C8H9NaO3P+. The minimum Gasteiger partial charge on any atom is -1.00 e. The fourth-order valence-corrected chi connectivity index (χ4v) is 1.47. The van der Waals surface area contributed by atoms with Gasteiger partial charge in [0.05, 0.1) is 0 Å². The Balaban J connectivity index is 0. The Labute approximate surface area is 101 Å². The van der Waals surface area contributed by atoms with Crippen molar-refractivity contribution >= 4 is 19.3 Å². The van der Waals surface area contributed by atoms with E-state index < -0.39 is 14.0 Å². The van der Waals surface area contributed by atoms with Gasteiger partial charge < -0.3 is 1.43 Å². The summed E-state index contributed by atoms with van der Waals surface area (Å²) in [7, 11) is -2.01. The van der Waals surface area contributed by atoms with E-state index in [1.54, 1.807) is 30.3 Å².